The van der Waals surface area contributed by atoms with E-state index in [-0.39, 0.29) is 0 Å². The van der Waals surface area contributed by atoms with E-state index in [0.29, 0.717) is 18.1 Å². The molecule has 0 aromatic rings. The zero-order chi connectivity index (χ0) is 15.5. The van der Waals surface area contributed by atoms with Crippen LogP contribution in [0.5, 0.6) is 0 Å². The van der Waals surface area contributed by atoms with E-state index in [2.05, 4.69) is 13.8 Å². The summed E-state index contributed by atoms with van der Waals surface area (Å²) in [6, 6.07) is 1.16. The van der Waals surface area contributed by atoms with E-state index in [9.17, 15) is 0 Å². The molecule has 0 bridgehead atoms. The Hall–Kier alpha value is -0.160. The van der Waals surface area contributed by atoms with E-state index in [4.69, 9.17) is 22.3 Å². The summed E-state index contributed by atoms with van der Waals surface area (Å²) in [5, 5.41) is 7.00. The summed E-state index contributed by atoms with van der Waals surface area (Å²) >= 11 is 0. The molecule has 0 aromatic heterocycles. The lowest BCUT2D eigenvalue weighted by Gasteiger charge is -2.28. The summed E-state index contributed by atoms with van der Waals surface area (Å²) in [4.78, 5) is 0. The highest BCUT2D eigenvalue weighted by atomic mass is 16.2. The fourth-order valence-corrected chi connectivity index (χ4v) is 3.37. The van der Waals surface area contributed by atoms with Crippen LogP contribution in [0.2, 0.25) is 0 Å². The Balaban J connectivity index is 0.000000321. The Kier molecular flexibility index (Phi) is 11.4. The molecule has 4 heteroatoms. The maximum absolute atomic E-state index is 7.00. The lowest BCUT2D eigenvalue weighted by atomic mass is 9.84. The number of aliphatic hydroxyl groups excluding tert-OH is 1. The Morgan fingerprint density at radius 3 is 1.65 bits per heavy atom. The van der Waals surface area contributed by atoms with E-state index in [0.717, 1.165) is 38.2 Å². The van der Waals surface area contributed by atoms with Crippen molar-refractivity contribution in [3.05, 3.63) is 0 Å². The molecule has 0 saturated heterocycles. The Labute approximate surface area is 125 Å². The van der Waals surface area contributed by atoms with Gasteiger partial charge in [-0.1, -0.05) is 26.2 Å². The van der Waals surface area contributed by atoms with Gasteiger partial charge in [-0.15, -0.1) is 0 Å². The zero-order valence-electron chi connectivity index (χ0n) is 13.7. The molecule has 7 N–H and O–H groups in total. The van der Waals surface area contributed by atoms with E-state index >= 15 is 0 Å². The van der Waals surface area contributed by atoms with Crippen molar-refractivity contribution >= 4 is 0 Å². The first-order valence-electron chi connectivity index (χ1n) is 8.20. The highest BCUT2D eigenvalue weighted by molar-refractivity contribution is 4.80. The van der Waals surface area contributed by atoms with Crippen LogP contribution in [-0.2, 0) is 0 Å². The van der Waals surface area contributed by atoms with Crippen LogP contribution >= 0.6 is 0 Å². The molecule has 122 valence electrons. The molecule has 0 spiro atoms. The summed E-state index contributed by atoms with van der Waals surface area (Å²) in [7, 11) is 1.00. The molecule has 4 nitrogen and oxygen atoms in total. The first-order valence-corrected chi connectivity index (χ1v) is 8.20. The van der Waals surface area contributed by atoms with E-state index in [1.54, 1.807) is 0 Å². The van der Waals surface area contributed by atoms with Gasteiger partial charge in [0, 0.05) is 25.2 Å². The van der Waals surface area contributed by atoms with Crippen LogP contribution in [0.15, 0.2) is 0 Å². The molecule has 3 unspecified atom stereocenters. The smallest absolute Gasteiger partial charge is 0.0319 e. The molecule has 0 aliphatic heterocycles. The lowest BCUT2D eigenvalue weighted by Crippen LogP contribution is -2.38. The molecular formula is C16H37N3O. The van der Waals surface area contributed by atoms with Crippen molar-refractivity contribution in [2.45, 2.75) is 83.3 Å². The molecule has 3 atom stereocenters. The molecule has 0 amide bonds. The third-order valence-electron chi connectivity index (χ3n) is 4.41. The Morgan fingerprint density at radius 2 is 1.35 bits per heavy atom. The fourth-order valence-electron chi connectivity index (χ4n) is 3.37. The van der Waals surface area contributed by atoms with Crippen molar-refractivity contribution in [3.8, 4) is 0 Å². The Morgan fingerprint density at radius 1 is 0.900 bits per heavy atom. The van der Waals surface area contributed by atoms with Crippen molar-refractivity contribution in [2.75, 3.05) is 7.11 Å². The summed E-state index contributed by atoms with van der Waals surface area (Å²) in [5.74, 6) is 1.57. The molecule has 2 aliphatic carbocycles. The molecular weight excluding hydrogens is 250 g/mol. The van der Waals surface area contributed by atoms with Crippen molar-refractivity contribution in [3.63, 3.8) is 0 Å². The second-order valence-electron chi connectivity index (χ2n) is 6.59. The second-order valence-corrected chi connectivity index (χ2v) is 6.59. The number of hydrogen-bond acceptors (Lipinski definition) is 4. The van der Waals surface area contributed by atoms with Gasteiger partial charge in [0.05, 0.1) is 0 Å². The predicted octanol–water partition coefficient (Wildman–Crippen LogP) is 1.98. The minimum atomic E-state index is 0.365. The molecule has 2 rings (SSSR count). The topological polar surface area (TPSA) is 98.3 Å². The van der Waals surface area contributed by atoms with Crippen LogP contribution in [0, 0.1) is 11.8 Å². The van der Waals surface area contributed by atoms with Gasteiger partial charge in [0.2, 0.25) is 0 Å². The van der Waals surface area contributed by atoms with Crippen molar-refractivity contribution in [1.82, 2.24) is 0 Å². The minimum Gasteiger partial charge on any atom is -0.400 e. The molecule has 0 radical (unpaired) electrons. The van der Waals surface area contributed by atoms with Gasteiger partial charge in [0.1, 0.15) is 0 Å². The van der Waals surface area contributed by atoms with Gasteiger partial charge in [-0.2, -0.15) is 0 Å². The summed E-state index contributed by atoms with van der Waals surface area (Å²) < 4.78 is 0. The van der Waals surface area contributed by atoms with Crippen molar-refractivity contribution in [2.24, 2.45) is 29.0 Å². The lowest BCUT2D eigenvalue weighted by molar-refractivity contribution is 0.309. The van der Waals surface area contributed by atoms with Gasteiger partial charge in [0.15, 0.2) is 0 Å². The minimum absolute atomic E-state index is 0.365. The average Bonchev–Trinajstić information content (AvgIpc) is 2.41. The van der Waals surface area contributed by atoms with E-state index < -0.39 is 0 Å². The fraction of sp³-hybridized carbons (Fsp3) is 1.00. The largest absolute Gasteiger partial charge is 0.400 e. The van der Waals surface area contributed by atoms with Crippen LogP contribution in [-0.4, -0.2) is 30.3 Å². The maximum atomic E-state index is 7.00. The highest BCUT2D eigenvalue weighted by Crippen LogP contribution is 2.25. The molecule has 2 aliphatic rings. The number of aliphatic hydroxyl groups is 1. The maximum Gasteiger partial charge on any atom is 0.0319 e. The van der Waals surface area contributed by atoms with Crippen molar-refractivity contribution in [1.29, 1.82) is 0 Å². The van der Waals surface area contributed by atoms with Gasteiger partial charge in [-0.05, 0) is 50.9 Å². The van der Waals surface area contributed by atoms with Crippen LogP contribution in [0.25, 0.3) is 0 Å². The van der Waals surface area contributed by atoms with Crippen LogP contribution in [0.3, 0.4) is 0 Å². The number of nitrogens with two attached hydrogens (primary N) is 3. The summed E-state index contributed by atoms with van der Waals surface area (Å²) in [5.41, 5.74) is 17.2. The molecule has 20 heavy (non-hydrogen) atoms. The van der Waals surface area contributed by atoms with Gasteiger partial charge in [0.25, 0.3) is 0 Å². The molecule has 0 heterocycles. The van der Waals surface area contributed by atoms with Crippen LogP contribution in [0.1, 0.15) is 65.2 Å². The highest BCUT2D eigenvalue weighted by Gasteiger charge is 2.20. The summed E-state index contributed by atoms with van der Waals surface area (Å²) in [6.07, 6.45) is 10.3. The first-order chi connectivity index (χ1) is 9.49. The quantitative estimate of drug-likeness (QED) is 0.592. The zero-order valence-corrected chi connectivity index (χ0v) is 13.7. The van der Waals surface area contributed by atoms with E-state index in [1.165, 1.54) is 32.1 Å². The van der Waals surface area contributed by atoms with Crippen molar-refractivity contribution < 1.29 is 5.11 Å². The SMILES string of the molecule is CC(N)C1CCCCC1.CC1CC(N)CC(N)C1.CO. The molecule has 2 saturated carbocycles. The third-order valence-corrected chi connectivity index (χ3v) is 4.41. The third kappa shape index (κ3) is 8.90. The molecule has 0 aromatic carbocycles. The number of hydrogen-bond donors (Lipinski definition) is 4. The standard InChI is InChI=1S/C8H17N.C7H16N2.CH4O/c1-7(9)8-5-3-2-4-6-8;1-5-2-6(8)4-7(9)3-5;1-2/h7-8H,2-6,9H2,1H3;5-7H,2-4,8-9H2,1H3;2H,1H3. The van der Waals surface area contributed by atoms with Crippen LogP contribution < -0.4 is 17.2 Å². The summed E-state index contributed by atoms with van der Waals surface area (Å²) in [6.45, 7) is 4.36. The molecule has 2 fully saturated rings. The van der Waals surface area contributed by atoms with Gasteiger partial charge in [-0.3, -0.25) is 0 Å². The normalized spacial score (nSPS) is 32.2. The first kappa shape index (κ1) is 19.8. The monoisotopic (exact) mass is 287 g/mol. The van der Waals surface area contributed by atoms with Gasteiger partial charge < -0.3 is 22.3 Å². The predicted molar refractivity (Wildman–Crippen MR) is 87.3 cm³/mol. The van der Waals surface area contributed by atoms with Gasteiger partial charge >= 0.3 is 0 Å². The number of rotatable bonds is 1. The van der Waals surface area contributed by atoms with E-state index in [1.807, 2.05) is 0 Å². The second kappa shape index (κ2) is 11.5. The Bertz CT molecular complexity index is 193. The average molecular weight is 287 g/mol. The van der Waals surface area contributed by atoms with Crippen LogP contribution in [0.4, 0.5) is 0 Å². The van der Waals surface area contributed by atoms with Gasteiger partial charge in [-0.25, -0.2) is 0 Å².